The van der Waals surface area contributed by atoms with E-state index in [2.05, 4.69) is 11.2 Å². The summed E-state index contributed by atoms with van der Waals surface area (Å²) in [5, 5.41) is 2.73. The van der Waals surface area contributed by atoms with E-state index in [0.717, 1.165) is 24.0 Å². The molecule has 3 heteroatoms. The number of terminal acetylenes is 1. The number of alkyl carbamates (subject to hydrolysis) is 1. The standard InChI is InChI=1S/C16H21NO2/c1-5-13-9-6-7-10-14(13)11-8-12-17-15(18)19-16(2,3)4/h1,6-7,9-10H,8,11-12H2,2-4H3,(H,17,18). The van der Waals surface area contributed by atoms with E-state index in [1.54, 1.807) is 0 Å². The highest BCUT2D eigenvalue weighted by atomic mass is 16.6. The SMILES string of the molecule is C#Cc1ccccc1CCCNC(=O)OC(C)(C)C. The van der Waals surface area contributed by atoms with Crippen LogP contribution in [0.25, 0.3) is 0 Å². The van der Waals surface area contributed by atoms with E-state index in [4.69, 9.17) is 11.2 Å². The van der Waals surface area contributed by atoms with Gasteiger partial charge in [0.1, 0.15) is 5.60 Å². The number of benzene rings is 1. The van der Waals surface area contributed by atoms with Crippen molar-refractivity contribution in [2.24, 2.45) is 0 Å². The molecule has 19 heavy (non-hydrogen) atoms. The van der Waals surface area contributed by atoms with Crippen LogP contribution in [0.1, 0.15) is 38.3 Å². The van der Waals surface area contributed by atoms with Crippen molar-refractivity contribution in [3.63, 3.8) is 0 Å². The van der Waals surface area contributed by atoms with Crippen LogP contribution in [0.4, 0.5) is 4.79 Å². The number of carbonyl (C=O) groups is 1. The van der Waals surface area contributed by atoms with Crippen molar-refractivity contribution in [2.45, 2.75) is 39.2 Å². The number of amides is 1. The third-order valence-electron chi connectivity index (χ3n) is 2.46. The quantitative estimate of drug-likeness (QED) is 0.666. The van der Waals surface area contributed by atoms with Gasteiger partial charge in [-0.25, -0.2) is 4.79 Å². The summed E-state index contributed by atoms with van der Waals surface area (Å²) in [5.41, 5.74) is 1.59. The molecule has 0 aliphatic carbocycles. The van der Waals surface area contributed by atoms with Gasteiger partial charge in [-0.1, -0.05) is 24.1 Å². The number of nitrogens with one attached hydrogen (secondary N) is 1. The average Bonchev–Trinajstić information content (AvgIpc) is 2.33. The Hall–Kier alpha value is -1.95. The lowest BCUT2D eigenvalue weighted by Crippen LogP contribution is -2.33. The Bertz CT molecular complexity index is 466. The molecule has 0 aliphatic rings. The molecule has 1 amide bonds. The van der Waals surface area contributed by atoms with E-state index in [1.165, 1.54) is 0 Å². The van der Waals surface area contributed by atoms with Crippen LogP contribution in [0.5, 0.6) is 0 Å². The summed E-state index contributed by atoms with van der Waals surface area (Å²) in [4.78, 5) is 11.4. The van der Waals surface area contributed by atoms with Crippen molar-refractivity contribution in [1.29, 1.82) is 0 Å². The maximum atomic E-state index is 11.4. The summed E-state index contributed by atoms with van der Waals surface area (Å²) < 4.78 is 5.15. The third kappa shape index (κ3) is 5.96. The molecule has 0 radical (unpaired) electrons. The van der Waals surface area contributed by atoms with E-state index in [0.29, 0.717) is 6.54 Å². The first-order valence-electron chi connectivity index (χ1n) is 6.44. The van der Waals surface area contributed by atoms with Gasteiger partial charge in [-0.2, -0.15) is 0 Å². The van der Waals surface area contributed by atoms with Crippen LogP contribution in [0.15, 0.2) is 24.3 Å². The Morgan fingerprint density at radius 2 is 2.05 bits per heavy atom. The summed E-state index contributed by atoms with van der Waals surface area (Å²) in [5.74, 6) is 2.66. The Morgan fingerprint density at radius 1 is 1.37 bits per heavy atom. The normalized spacial score (nSPS) is 10.6. The van der Waals surface area contributed by atoms with E-state index in [1.807, 2.05) is 45.0 Å². The van der Waals surface area contributed by atoms with Crippen LogP contribution in [0, 0.1) is 12.3 Å². The van der Waals surface area contributed by atoms with Gasteiger partial charge < -0.3 is 10.1 Å². The molecule has 0 saturated heterocycles. The zero-order valence-corrected chi connectivity index (χ0v) is 11.8. The molecule has 0 unspecified atom stereocenters. The second kappa shape index (κ2) is 6.84. The number of hydrogen-bond donors (Lipinski definition) is 1. The second-order valence-corrected chi connectivity index (χ2v) is 5.33. The minimum atomic E-state index is -0.458. The van der Waals surface area contributed by atoms with Gasteiger partial charge in [-0.15, -0.1) is 6.42 Å². The van der Waals surface area contributed by atoms with Gasteiger partial charge in [0.15, 0.2) is 0 Å². The summed E-state index contributed by atoms with van der Waals surface area (Å²) >= 11 is 0. The minimum absolute atomic E-state index is 0.377. The molecular formula is C16H21NO2. The Labute approximate surface area is 115 Å². The maximum absolute atomic E-state index is 11.4. The highest BCUT2D eigenvalue weighted by molar-refractivity contribution is 5.67. The van der Waals surface area contributed by atoms with Gasteiger partial charge in [0, 0.05) is 12.1 Å². The maximum Gasteiger partial charge on any atom is 0.407 e. The van der Waals surface area contributed by atoms with Crippen molar-refractivity contribution in [3.8, 4) is 12.3 Å². The highest BCUT2D eigenvalue weighted by Crippen LogP contribution is 2.10. The van der Waals surface area contributed by atoms with Crippen molar-refractivity contribution < 1.29 is 9.53 Å². The van der Waals surface area contributed by atoms with Gasteiger partial charge in [0.05, 0.1) is 0 Å². The largest absolute Gasteiger partial charge is 0.444 e. The first-order chi connectivity index (χ1) is 8.92. The second-order valence-electron chi connectivity index (χ2n) is 5.33. The molecule has 3 nitrogen and oxygen atoms in total. The van der Waals surface area contributed by atoms with Crippen LogP contribution in [-0.2, 0) is 11.2 Å². The zero-order valence-electron chi connectivity index (χ0n) is 11.8. The molecule has 1 N–H and O–H groups in total. The monoisotopic (exact) mass is 259 g/mol. The molecule has 0 fully saturated rings. The Morgan fingerprint density at radius 3 is 2.68 bits per heavy atom. The summed E-state index contributed by atoms with van der Waals surface area (Å²) in [6.07, 6.45) is 6.73. The summed E-state index contributed by atoms with van der Waals surface area (Å²) in [6, 6.07) is 7.84. The minimum Gasteiger partial charge on any atom is -0.444 e. The number of aryl methyl sites for hydroxylation is 1. The molecule has 1 rings (SSSR count). The fraction of sp³-hybridized carbons (Fsp3) is 0.438. The number of carbonyl (C=O) groups excluding carboxylic acids is 1. The van der Waals surface area contributed by atoms with Crippen molar-refractivity contribution >= 4 is 6.09 Å². The fourth-order valence-electron chi connectivity index (χ4n) is 1.66. The van der Waals surface area contributed by atoms with Crippen LogP contribution in [-0.4, -0.2) is 18.2 Å². The molecule has 0 bridgehead atoms. The van der Waals surface area contributed by atoms with Gasteiger partial charge in [0.2, 0.25) is 0 Å². The molecule has 1 aromatic rings. The number of ether oxygens (including phenoxy) is 1. The molecule has 0 aliphatic heterocycles. The number of rotatable bonds is 4. The topological polar surface area (TPSA) is 38.3 Å². The fourth-order valence-corrected chi connectivity index (χ4v) is 1.66. The van der Waals surface area contributed by atoms with E-state index < -0.39 is 5.60 Å². The third-order valence-corrected chi connectivity index (χ3v) is 2.46. The Kier molecular flexibility index (Phi) is 5.44. The number of hydrogen-bond acceptors (Lipinski definition) is 2. The lowest BCUT2D eigenvalue weighted by molar-refractivity contribution is 0.0527. The van der Waals surface area contributed by atoms with Gasteiger partial charge in [-0.05, 0) is 45.2 Å². The van der Waals surface area contributed by atoms with Crippen LogP contribution in [0.2, 0.25) is 0 Å². The van der Waals surface area contributed by atoms with Crippen LogP contribution in [0.3, 0.4) is 0 Å². The zero-order chi connectivity index (χ0) is 14.3. The van der Waals surface area contributed by atoms with Gasteiger partial charge in [-0.3, -0.25) is 0 Å². The molecule has 0 spiro atoms. The smallest absolute Gasteiger partial charge is 0.407 e. The van der Waals surface area contributed by atoms with Crippen LogP contribution >= 0.6 is 0 Å². The predicted octanol–water partition coefficient (Wildman–Crippen LogP) is 3.13. The predicted molar refractivity (Wildman–Crippen MR) is 76.9 cm³/mol. The lowest BCUT2D eigenvalue weighted by atomic mass is 10.0. The Balaban J connectivity index is 2.32. The first kappa shape index (κ1) is 15.1. The van der Waals surface area contributed by atoms with E-state index >= 15 is 0 Å². The van der Waals surface area contributed by atoms with Crippen molar-refractivity contribution in [1.82, 2.24) is 5.32 Å². The molecular weight excluding hydrogens is 238 g/mol. The molecule has 102 valence electrons. The van der Waals surface area contributed by atoms with Gasteiger partial charge in [0.25, 0.3) is 0 Å². The van der Waals surface area contributed by atoms with Gasteiger partial charge >= 0.3 is 6.09 Å². The van der Waals surface area contributed by atoms with Crippen LogP contribution < -0.4 is 5.32 Å². The molecule has 0 saturated carbocycles. The summed E-state index contributed by atoms with van der Waals surface area (Å²) in [6.45, 7) is 6.11. The molecule has 1 aromatic carbocycles. The molecule has 0 heterocycles. The van der Waals surface area contributed by atoms with E-state index in [9.17, 15) is 4.79 Å². The molecule has 0 atom stereocenters. The van der Waals surface area contributed by atoms with E-state index in [-0.39, 0.29) is 6.09 Å². The van der Waals surface area contributed by atoms with Crippen molar-refractivity contribution in [2.75, 3.05) is 6.54 Å². The summed E-state index contributed by atoms with van der Waals surface area (Å²) in [7, 11) is 0. The lowest BCUT2D eigenvalue weighted by Gasteiger charge is -2.19. The molecule has 0 aromatic heterocycles. The highest BCUT2D eigenvalue weighted by Gasteiger charge is 2.15. The van der Waals surface area contributed by atoms with Crippen molar-refractivity contribution in [3.05, 3.63) is 35.4 Å². The average molecular weight is 259 g/mol. The first-order valence-corrected chi connectivity index (χ1v) is 6.44.